The summed E-state index contributed by atoms with van der Waals surface area (Å²) in [7, 11) is 0. The summed E-state index contributed by atoms with van der Waals surface area (Å²) < 4.78 is 17.0. The lowest BCUT2D eigenvalue weighted by molar-refractivity contribution is -0.132. The summed E-state index contributed by atoms with van der Waals surface area (Å²) in [6, 6.07) is 13.7. The third kappa shape index (κ3) is 4.59. The summed E-state index contributed by atoms with van der Waals surface area (Å²) in [5.41, 5.74) is 1.93. The molecule has 2 aromatic carbocycles. The Labute approximate surface area is 170 Å². The van der Waals surface area contributed by atoms with Gasteiger partial charge in [0.05, 0.1) is 17.5 Å². The second kappa shape index (κ2) is 8.84. The van der Waals surface area contributed by atoms with Crippen LogP contribution < -0.4 is 9.47 Å². The highest BCUT2D eigenvalue weighted by atomic mass is 35.5. The third-order valence-corrected chi connectivity index (χ3v) is 5.31. The number of amides is 1. The highest BCUT2D eigenvalue weighted by Crippen LogP contribution is 2.38. The van der Waals surface area contributed by atoms with E-state index in [1.807, 2.05) is 41.3 Å². The minimum absolute atomic E-state index is 0.0482. The molecule has 2 aliphatic heterocycles. The first-order valence-electron chi connectivity index (χ1n) is 9.70. The molecule has 0 bridgehead atoms. The molecule has 0 aliphatic carbocycles. The van der Waals surface area contributed by atoms with E-state index in [1.165, 1.54) is 0 Å². The Balaban J connectivity index is 1.50. The fourth-order valence-corrected chi connectivity index (χ4v) is 3.93. The van der Waals surface area contributed by atoms with Gasteiger partial charge in [0.1, 0.15) is 13.2 Å². The molecule has 0 aromatic heterocycles. The highest BCUT2D eigenvalue weighted by molar-refractivity contribution is 6.32. The molecular formula is C22H24ClNO4. The van der Waals surface area contributed by atoms with Gasteiger partial charge < -0.3 is 19.1 Å². The number of hydrogen-bond donors (Lipinski definition) is 0. The summed E-state index contributed by atoms with van der Waals surface area (Å²) in [6.45, 7) is 2.91. The van der Waals surface area contributed by atoms with E-state index in [1.54, 1.807) is 6.07 Å². The van der Waals surface area contributed by atoms with E-state index < -0.39 is 0 Å². The van der Waals surface area contributed by atoms with Crippen molar-refractivity contribution in [2.45, 2.75) is 31.9 Å². The maximum atomic E-state index is 13.1. The summed E-state index contributed by atoms with van der Waals surface area (Å²) in [6.07, 6.45) is 2.41. The van der Waals surface area contributed by atoms with Crippen molar-refractivity contribution >= 4 is 17.5 Å². The van der Waals surface area contributed by atoms with Crippen molar-refractivity contribution in [3.05, 3.63) is 58.6 Å². The molecule has 1 fully saturated rings. The van der Waals surface area contributed by atoms with E-state index in [0.717, 1.165) is 30.6 Å². The standard InChI is InChI=1S/C22H24ClNO4/c23-19-11-17(12-20-22(19)28-10-9-27-20)13-21(25)24(15-18-7-4-8-26-18)14-16-5-2-1-3-6-16/h1-3,5-6,11-12,18H,4,7-10,13-15H2/t18-/m0/s1. The van der Waals surface area contributed by atoms with Crippen LogP contribution in [0, 0.1) is 0 Å². The van der Waals surface area contributed by atoms with E-state index in [9.17, 15) is 4.79 Å². The summed E-state index contributed by atoms with van der Waals surface area (Å²) in [5, 5.41) is 0.480. The molecule has 4 rings (SSSR count). The topological polar surface area (TPSA) is 48.0 Å². The van der Waals surface area contributed by atoms with Crippen LogP contribution in [0.15, 0.2) is 42.5 Å². The fraction of sp³-hybridized carbons (Fsp3) is 0.409. The van der Waals surface area contributed by atoms with E-state index in [2.05, 4.69) is 0 Å². The number of hydrogen-bond acceptors (Lipinski definition) is 4. The number of rotatable bonds is 6. The first-order valence-corrected chi connectivity index (χ1v) is 10.1. The molecule has 148 valence electrons. The highest BCUT2D eigenvalue weighted by Gasteiger charge is 2.24. The van der Waals surface area contributed by atoms with Crippen LogP contribution in [0.4, 0.5) is 0 Å². The van der Waals surface area contributed by atoms with Crippen LogP contribution in [0.2, 0.25) is 5.02 Å². The summed E-state index contributed by atoms with van der Waals surface area (Å²) >= 11 is 6.33. The largest absolute Gasteiger partial charge is 0.486 e. The fourth-order valence-electron chi connectivity index (χ4n) is 3.65. The number of nitrogens with zero attached hydrogens (tertiary/aromatic N) is 1. The molecule has 0 radical (unpaired) electrons. The van der Waals surface area contributed by atoms with Crippen molar-refractivity contribution in [2.24, 2.45) is 0 Å². The van der Waals surface area contributed by atoms with Gasteiger partial charge in [0, 0.05) is 19.7 Å². The Hall–Kier alpha value is -2.24. The van der Waals surface area contributed by atoms with Crippen molar-refractivity contribution in [2.75, 3.05) is 26.4 Å². The maximum Gasteiger partial charge on any atom is 0.227 e. The van der Waals surface area contributed by atoms with Gasteiger partial charge in [-0.1, -0.05) is 41.9 Å². The van der Waals surface area contributed by atoms with Crippen LogP contribution >= 0.6 is 11.6 Å². The molecule has 0 saturated carbocycles. The molecule has 2 aliphatic rings. The van der Waals surface area contributed by atoms with Gasteiger partial charge in [0.15, 0.2) is 11.5 Å². The molecule has 1 saturated heterocycles. The Bertz CT molecular complexity index is 821. The molecular weight excluding hydrogens is 378 g/mol. The van der Waals surface area contributed by atoms with Crippen molar-refractivity contribution in [3.8, 4) is 11.5 Å². The lowest BCUT2D eigenvalue weighted by Gasteiger charge is -2.26. The average Bonchev–Trinajstić information content (AvgIpc) is 3.21. The van der Waals surface area contributed by atoms with Gasteiger partial charge in [-0.3, -0.25) is 4.79 Å². The quantitative estimate of drug-likeness (QED) is 0.737. The van der Waals surface area contributed by atoms with Crippen LogP contribution in [-0.4, -0.2) is 43.3 Å². The smallest absolute Gasteiger partial charge is 0.227 e. The Morgan fingerprint density at radius 2 is 1.89 bits per heavy atom. The SMILES string of the molecule is O=C(Cc1cc(Cl)c2c(c1)OCCO2)N(Cc1ccccc1)C[C@@H]1CCCO1. The molecule has 28 heavy (non-hydrogen) atoms. The number of carbonyl (C=O) groups excluding carboxylic acids is 1. The van der Waals surface area contributed by atoms with Gasteiger partial charge >= 0.3 is 0 Å². The van der Waals surface area contributed by atoms with Crippen molar-refractivity contribution in [1.29, 1.82) is 0 Å². The van der Waals surface area contributed by atoms with E-state index in [-0.39, 0.29) is 18.4 Å². The molecule has 2 aromatic rings. The first kappa shape index (κ1) is 19.1. The lowest BCUT2D eigenvalue weighted by atomic mass is 10.1. The molecule has 6 heteroatoms. The predicted molar refractivity (Wildman–Crippen MR) is 107 cm³/mol. The number of fused-ring (bicyclic) bond motifs is 1. The minimum Gasteiger partial charge on any atom is -0.486 e. The lowest BCUT2D eigenvalue weighted by Crippen LogP contribution is -2.37. The van der Waals surface area contributed by atoms with Crippen LogP contribution in [0.3, 0.4) is 0 Å². The molecule has 5 nitrogen and oxygen atoms in total. The van der Waals surface area contributed by atoms with Gasteiger partial charge in [0.2, 0.25) is 5.91 Å². The Morgan fingerprint density at radius 3 is 2.68 bits per heavy atom. The number of ether oxygens (including phenoxy) is 3. The van der Waals surface area contributed by atoms with Gasteiger partial charge in [0.25, 0.3) is 0 Å². The minimum atomic E-state index is 0.0482. The molecule has 1 amide bonds. The van der Waals surface area contributed by atoms with E-state index >= 15 is 0 Å². The summed E-state index contributed by atoms with van der Waals surface area (Å²) in [4.78, 5) is 15.0. The average molecular weight is 402 g/mol. The van der Waals surface area contributed by atoms with Crippen LogP contribution in [0.1, 0.15) is 24.0 Å². The first-order chi connectivity index (χ1) is 13.7. The van der Waals surface area contributed by atoms with Gasteiger partial charge in [-0.25, -0.2) is 0 Å². The summed E-state index contributed by atoms with van der Waals surface area (Å²) in [5.74, 6) is 1.21. The van der Waals surface area contributed by atoms with Gasteiger partial charge in [-0.2, -0.15) is 0 Å². The second-order valence-corrected chi connectivity index (χ2v) is 7.58. The van der Waals surface area contributed by atoms with Gasteiger partial charge in [-0.05, 0) is 36.1 Å². The molecule has 1 atom stereocenters. The number of halogens is 1. The second-order valence-electron chi connectivity index (χ2n) is 7.17. The number of carbonyl (C=O) groups is 1. The monoisotopic (exact) mass is 401 g/mol. The zero-order valence-electron chi connectivity index (χ0n) is 15.7. The third-order valence-electron chi connectivity index (χ3n) is 5.03. The Kier molecular flexibility index (Phi) is 6.03. The van der Waals surface area contributed by atoms with Crippen LogP contribution in [0.25, 0.3) is 0 Å². The zero-order chi connectivity index (χ0) is 19.3. The zero-order valence-corrected chi connectivity index (χ0v) is 16.5. The Morgan fingerprint density at radius 1 is 1.07 bits per heavy atom. The van der Waals surface area contributed by atoms with Crippen LogP contribution in [0.5, 0.6) is 11.5 Å². The van der Waals surface area contributed by atoms with Crippen molar-refractivity contribution in [1.82, 2.24) is 4.90 Å². The van der Waals surface area contributed by atoms with Crippen molar-refractivity contribution in [3.63, 3.8) is 0 Å². The van der Waals surface area contributed by atoms with Gasteiger partial charge in [-0.15, -0.1) is 0 Å². The maximum absolute atomic E-state index is 13.1. The molecule has 0 unspecified atom stereocenters. The molecule has 0 N–H and O–H groups in total. The molecule has 0 spiro atoms. The van der Waals surface area contributed by atoms with E-state index in [0.29, 0.717) is 42.8 Å². The predicted octanol–water partition coefficient (Wildman–Crippen LogP) is 3.86. The van der Waals surface area contributed by atoms with Crippen molar-refractivity contribution < 1.29 is 19.0 Å². The molecule has 2 heterocycles. The van der Waals surface area contributed by atoms with E-state index in [4.69, 9.17) is 25.8 Å². The number of benzene rings is 2. The van der Waals surface area contributed by atoms with Crippen LogP contribution in [-0.2, 0) is 22.5 Å². The normalized spacial score (nSPS) is 18.1.